The number of benzene rings is 1. The van der Waals surface area contributed by atoms with Crippen LogP contribution in [0.15, 0.2) is 40.5 Å². The molecule has 0 radical (unpaired) electrons. The van der Waals surface area contributed by atoms with Gasteiger partial charge in [0.15, 0.2) is 5.76 Å². The van der Waals surface area contributed by atoms with Gasteiger partial charge in [-0.25, -0.2) is 9.18 Å². The number of hydrogen-bond acceptors (Lipinski definition) is 5. The fraction of sp³-hybridized carbons (Fsp3) is 0.222. The Labute approximate surface area is 138 Å². The highest BCUT2D eigenvalue weighted by molar-refractivity contribution is 6.07. The average Bonchev–Trinajstić information content (AvgIpc) is 2.84. The molecule has 0 spiro atoms. The Balaban J connectivity index is 2.37. The third-order valence-corrected chi connectivity index (χ3v) is 3.69. The minimum atomic E-state index is -1.01. The van der Waals surface area contributed by atoms with Crippen LogP contribution in [0.2, 0.25) is 0 Å². The SMILES string of the molecule is COC(=O)/C(O)=C/C(=O)c1oc(C)c(C)c1Cc1ccc(F)cc1. The number of halogens is 1. The summed E-state index contributed by atoms with van der Waals surface area (Å²) in [6.45, 7) is 3.52. The van der Waals surface area contributed by atoms with E-state index in [-0.39, 0.29) is 11.6 Å². The summed E-state index contributed by atoms with van der Waals surface area (Å²) < 4.78 is 22.8. The molecule has 0 amide bonds. The number of furan rings is 1. The van der Waals surface area contributed by atoms with Crippen molar-refractivity contribution in [2.45, 2.75) is 20.3 Å². The van der Waals surface area contributed by atoms with E-state index in [4.69, 9.17) is 4.42 Å². The largest absolute Gasteiger partial charge is 0.502 e. The van der Waals surface area contributed by atoms with Crippen LogP contribution in [0.3, 0.4) is 0 Å². The van der Waals surface area contributed by atoms with E-state index in [1.165, 1.54) is 12.1 Å². The van der Waals surface area contributed by atoms with Gasteiger partial charge >= 0.3 is 5.97 Å². The first-order valence-electron chi connectivity index (χ1n) is 7.20. The topological polar surface area (TPSA) is 76.7 Å². The van der Waals surface area contributed by atoms with Crippen molar-refractivity contribution in [3.63, 3.8) is 0 Å². The zero-order valence-electron chi connectivity index (χ0n) is 13.6. The molecule has 0 fully saturated rings. The van der Waals surface area contributed by atoms with Gasteiger partial charge in [0.2, 0.25) is 11.5 Å². The number of allylic oxidation sites excluding steroid dienone is 1. The molecule has 24 heavy (non-hydrogen) atoms. The quantitative estimate of drug-likeness (QED) is 0.393. The Bertz CT molecular complexity index is 800. The van der Waals surface area contributed by atoms with Crippen molar-refractivity contribution in [3.05, 3.63) is 70.1 Å². The number of aliphatic hydroxyl groups excluding tert-OH is 1. The summed E-state index contributed by atoms with van der Waals surface area (Å²) >= 11 is 0. The van der Waals surface area contributed by atoms with Crippen LogP contribution in [0.4, 0.5) is 4.39 Å². The number of aliphatic hydroxyl groups is 1. The van der Waals surface area contributed by atoms with Crippen molar-refractivity contribution in [1.29, 1.82) is 0 Å². The van der Waals surface area contributed by atoms with Crippen LogP contribution in [0, 0.1) is 19.7 Å². The standard InChI is InChI=1S/C18H17FO5/c1-10-11(2)24-17(15(20)9-16(21)18(22)23-3)14(10)8-12-4-6-13(19)7-5-12/h4-7,9,21H,8H2,1-3H3/b16-9-. The van der Waals surface area contributed by atoms with E-state index in [2.05, 4.69) is 4.74 Å². The van der Waals surface area contributed by atoms with Gasteiger partial charge in [0.25, 0.3) is 0 Å². The van der Waals surface area contributed by atoms with Crippen LogP contribution in [0.1, 0.15) is 33.0 Å². The van der Waals surface area contributed by atoms with E-state index in [0.29, 0.717) is 17.7 Å². The van der Waals surface area contributed by atoms with E-state index in [1.54, 1.807) is 26.0 Å². The van der Waals surface area contributed by atoms with Gasteiger partial charge in [0.05, 0.1) is 7.11 Å². The normalized spacial score (nSPS) is 11.4. The van der Waals surface area contributed by atoms with Gasteiger partial charge in [-0.15, -0.1) is 0 Å². The fourth-order valence-corrected chi connectivity index (χ4v) is 2.25. The molecule has 0 saturated carbocycles. The molecule has 0 unspecified atom stereocenters. The fourth-order valence-electron chi connectivity index (χ4n) is 2.25. The molecule has 0 bridgehead atoms. The molecule has 2 aromatic rings. The van der Waals surface area contributed by atoms with Crippen molar-refractivity contribution in [2.24, 2.45) is 0 Å². The number of esters is 1. The molecule has 0 aliphatic rings. The van der Waals surface area contributed by atoms with Gasteiger partial charge in [0, 0.05) is 18.1 Å². The van der Waals surface area contributed by atoms with Crippen molar-refractivity contribution in [3.8, 4) is 0 Å². The predicted molar refractivity (Wildman–Crippen MR) is 84.4 cm³/mol. The van der Waals surface area contributed by atoms with Crippen LogP contribution in [0.25, 0.3) is 0 Å². The Hall–Kier alpha value is -2.89. The second kappa shape index (κ2) is 7.12. The van der Waals surface area contributed by atoms with Crippen LogP contribution in [-0.4, -0.2) is 24.0 Å². The highest BCUT2D eigenvalue weighted by atomic mass is 19.1. The molecule has 5 nitrogen and oxygen atoms in total. The minimum Gasteiger partial charge on any atom is -0.502 e. The molecule has 1 aromatic heterocycles. The molecule has 0 saturated heterocycles. The molecule has 1 N–H and O–H groups in total. The number of ether oxygens (including phenoxy) is 1. The lowest BCUT2D eigenvalue weighted by atomic mass is 9.99. The maximum Gasteiger partial charge on any atom is 0.373 e. The van der Waals surface area contributed by atoms with Gasteiger partial charge < -0.3 is 14.3 Å². The zero-order chi connectivity index (χ0) is 17.9. The van der Waals surface area contributed by atoms with Crippen LogP contribution in [0.5, 0.6) is 0 Å². The zero-order valence-corrected chi connectivity index (χ0v) is 13.6. The highest BCUT2D eigenvalue weighted by Crippen LogP contribution is 2.25. The number of methoxy groups -OCH3 is 1. The van der Waals surface area contributed by atoms with E-state index in [1.807, 2.05) is 0 Å². The van der Waals surface area contributed by atoms with Crippen LogP contribution in [-0.2, 0) is 16.0 Å². The molecule has 2 rings (SSSR count). The molecule has 0 atom stereocenters. The van der Waals surface area contributed by atoms with Crippen molar-refractivity contribution >= 4 is 11.8 Å². The third kappa shape index (κ3) is 3.71. The van der Waals surface area contributed by atoms with Crippen molar-refractivity contribution in [2.75, 3.05) is 7.11 Å². The number of carbonyl (C=O) groups is 2. The highest BCUT2D eigenvalue weighted by Gasteiger charge is 2.21. The summed E-state index contributed by atoms with van der Waals surface area (Å²) in [5.74, 6) is -2.22. The first-order chi connectivity index (χ1) is 11.3. The lowest BCUT2D eigenvalue weighted by molar-refractivity contribution is -0.139. The molecule has 6 heteroatoms. The Morgan fingerprint density at radius 1 is 1.25 bits per heavy atom. The number of hydrogen-bond donors (Lipinski definition) is 1. The molecule has 0 aliphatic heterocycles. The summed E-state index contributed by atoms with van der Waals surface area (Å²) in [5.41, 5.74) is 2.21. The maximum absolute atomic E-state index is 13.0. The van der Waals surface area contributed by atoms with Crippen molar-refractivity contribution in [1.82, 2.24) is 0 Å². The number of ketones is 1. The number of rotatable bonds is 5. The molecular formula is C18H17FO5. The molecule has 1 aromatic carbocycles. The van der Waals surface area contributed by atoms with Crippen LogP contribution < -0.4 is 0 Å². The van der Waals surface area contributed by atoms with Gasteiger partial charge in [-0.1, -0.05) is 12.1 Å². The van der Waals surface area contributed by atoms with Crippen LogP contribution >= 0.6 is 0 Å². The summed E-state index contributed by atoms with van der Waals surface area (Å²) in [6.07, 6.45) is 1.12. The number of carbonyl (C=O) groups excluding carboxylic acids is 2. The lowest BCUT2D eigenvalue weighted by Crippen LogP contribution is -2.08. The monoisotopic (exact) mass is 332 g/mol. The maximum atomic E-state index is 13.0. The minimum absolute atomic E-state index is 0.0322. The van der Waals surface area contributed by atoms with Crippen molar-refractivity contribution < 1.29 is 28.2 Å². The second-order valence-corrected chi connectivity index (χ2v) is 5.28. The predicted octanol–water partition coefficient (Wildman–Crippen LogP) is 3.42. The average molecular weight is 332 g/mol. The van der Waals surface area contributed by atoms with E-state index < -0.39 is 17.5 Å². The van der Waals surface area contributed by atoms with E-state index >= 15 is 0 Å². The Morgan fingerprint density at radius 3 is 2.46 bits per heavy atom. The number of aryl methyl sites for hydroxylation is 1. The van der Waals surface area contributed by atoms with Gasteiger partial charge in [-0.05, 0) is 37.1 Å². The van der Waals surface area contributed by atoms with Gasteiger partial charge in [-0.2, -0.15) is 0 Å². The lowest BCUT2D eigenvalue weighted by Gasteiger charge is -2.03. The van der Waals surface area contributed by atoms with E-state index in [9.17, 15) is 19.1 Å². The summed E-state index contributed by atoms with van der Waals surface area (Å²) in [4.78, 5) is 23.5. The third-order valence-electron chi connectivity index (χ3n) is 3.69. The summed E-state index contributed by atoms with van der Waals surface area (Å²) in [7, 11) is 1.10. The van der Waals surface area contributed by atoms with E-state index in [0.717, 1.165) is 24.3 Å². The molecule has 0 aliphatic carbocycles. The Morgan fingerprint density at radius 2 is 1.88 bits per heavy atom. The molecule has 1 heterocycles. The summed E-state index contributed by atoms with van der Waals surface area (Å²) in [6, 6.07) is 5.91. The smallest absolute Gasteiger partial charge is 0.373 e. The Kier molecular flexibility index (Phi) is 5.18. The van der Waals surface area contributed by atoms with Gasteiger partial charge in [0.1, 0.15) is 11.6 Å². The molecular weight excluding hydrogens is 315 g/mol. The first-order valence-corrected chi connectivity index (χ1v) is 7.20. The summed E-state index contributed by atoms with van der Waals surface area (Å²) in [5, 5.41) is 9.52. The molecule has 126 valence electrons. The second-order valence-electron chi connectivity index (χ2n) is 5.28. The first kappa shape index (κ1) is 17.5. The van der Waals surface area contributed by atoms with Gasteiger partial charge in [-0.3, -0.25) is 4.79 Å².